The number of hydrogen-bond donors (Lipinski definition) is 1. The summed E-state index contributed by atoms with van der Waals surface area (Å²) in [7, 11) is 4.28. The average Bonchev–Trinajstić information content (AvgIpc) is 2.33. The maximum absolute atomic E-state index is 4.83. The van der Waals surface area contributed by atoms with Gasteiger partial charge in [-0.1, -0.05) is 13.8 Å². The molecule has 4 heteroatoms. The molecule has 0 aromatic rings. The molecule has 0 radical (unpaired) electrons. The van der Waals surface area contributed by atoms with Crippen molar-refractivity contribution in [3.05, 3.63) is 11.9 Å². The number of hydrogen-bond acceptors (Lipinski definition) is 3. The van der Waals surface area contributed by atoms with Crippen LogP contribution >= 0.6 is 0 Å². The van der Waals surface area contributed by atoms with E-state index in [9.17, 15) is 0 Å². The van der Waals surface area contributed by atoms with E-state index in [2.05, 4.69) is 42.3 Å². The van der Waals surface area contributed by atoms with Gasteiger partial charge in [-0.15, -0.1) is 0 Å². The summed E-state index contributed by atoms with van der Waals surface area (Å²) in [5.74, 6) is 1.12. The van der Waals surface area contributed by atoms with Crippen LogP contribution in [0.1, 0.15) is 33.6 Å². The quantitative estimate of drug-likeness (QED) is 0.773. The van der Waals surface area contributed by atoms with Crippen LogP contribution in [-0.2, 0) is 0 Å². The van der Waals surface area contributed by atoms with E-state index >= 15 is 0 Å². The molecule has 0 bridgehead atoms. The van der Waals surface area contributed by atoms with Crippen molar-refractivity contribution in [2.24, 2.45) is 4.99 Å². The number of nitrogens with one attached hydrogen (secondary N) is 1. The fourth-order valence-corrected chi connectivity index (χ4v) is 2.33. The first-order valence-electron chi connectivity index (χ1n) is 7.04. The van der Waals surface area contributed by atoms with Gasteiger partial charge in [-0.3, -0.25) is 4.99 Å². The number of rotatable bonds is 1. The minimum Gasteiger partial charge on any atom is -0.372 e. The lowest BCUT2D eigenvalue weighted by molar-refractivity contribution is 0.256. The van der Waals surface area contributed by atoms with Crippen molar-refractivity contribution < 1.29 is 0 Å². The number of likely N-dealkylation sites (N-methyl/N-ethyl adjacent to an activating group) is 1. The fraction of sp³-hybridized carbons (Fsp3) is 0.786. The second kappa shape index (κ2) is 7.41. The third kappa shape index (κ3) is 4.69. The number of aliphatic imine (C=N–C) groups is 1. The van der Waals surface area contributed by atoms with E-state index in [1.807, 2.05) is 13.8 Å². The molecule has 0 unspecified atom stereocenters. The Balaban J connectivity index is 0.000000771. The van der Waals surface area contributed by atoms with Crippen LogP contribution in [0.4, 0.5) is 0 Å². The monoisotopic (exact) mass is 252 g/mol. The molecule has 0 amide bonds. The topological polar surface area (TPSA) is 30.9 Å². The second-order valence-corrected chi connectivity index (χ2v) is 4.96. The van der Waals surface area contributed by atoms with Gasteiger partial charge >= 0.3 is 0 Å². The smallest absolute Gasteiger partial charge is 0.120 e. The van der Waals surface area contributed by atoms with Crippen molar-refractivity contribution in [1.29, 1.82) is 0 Å². The number of allylic oxidation sites excluding steroid dienone is 1. The highest BCUT2D eigenvalue weighted by molar-refractivity contribution is 5.86. The van der Waals surface area contributed by atoms with Crippen molar-refractivity contribution in [3.63, 3.8) is 0 Å². The van der Waals surface area contributed by atoms with Crippen LogP contribution in [0.2, 0.25) is 0 Å². The third-order valence-corrected chi connectivity index (χ3v) is 3.18. The van der Waals surface area contributed by atoms with Crippen molar-refractivity contribution >= 4 is 5.84 Å². The maximum Gasteiger partial charge on any atom is 0.120 e. The molecule has 1 N–H and O–H groups in total. The van der Waals surface area contributed by atoms with Crippen LogP contribution in [0, 0.1) is 0 Å². The third-order valence-electron chi connectivity index (χ3n) is 3.18. The van der Waals surface area contributed by atoms with E-state index in [0.29, 0.717) is 6.04 Å². The molecule has 0 saturated carbocycles. The van der Waals surface area contributed by atoms with Crippen LogP contribution < -0.4 is 5.32 Å². The van der Waals surface area contributed by atoms with Crippen molar-refractivity contribution in [2.45, 2.75) is 39.7 Å². The second-order valence-electron chi connectivity index (χ2n) is 4.96. The SMILES string of the molecule is CC.CC1=CN(C)CC(=NC2CCN(C)CC2)N1. The molecule has 2 rings (SSSR count). The average molecular weight is 252 g/mol. The van der Waals surface area contributed by atoms with Gasteiger partial charge in [0, 0.05) is 18.9 Å². The molecule has 18 heavy (non-hydrogen) atoms. The Labute approximate surface area is 112 Å². The highest BCUT2D eigenvalue weighted by atomic mass is 15.2. The minimum absolute atomic E-state index is 0.512. The Bertz CT molecular complexity index is 301. The molecule has 1 fully saturated rings. The first-order valence-corrected chi connectivity index (χ1v) is 7.04. The minimum atomic E-state index is 0.512. The normalized spacial score (nSPS) is 24.2. The summed E-state index contributed by atoms with van der Waals surface area (Å²) in [4.78, 5) is 9.38. The summed E-state index contributed by atoms with van der Waals surface area (Å²) >= 11 is 0. The molecular formula is C14H28N4. The molecule has 2 aliphatic rings. The van der Waals surface area contributed by atoms with E-state index in [4.69, 9.17) is 4.99 Å². The summed E-state index contributed by atoms with van der Waals surface area (Å²) in [6.07, 6.45) is 4.50. The largest absolute Gasteiger partial charge is 0.372 e. The molecular weight excluding hydrogens is 224 g/mol. The number of piperidine rings is 1. The highest BCUT2D eigenvalue weighted by Crippen LogP contribution is 2.13. The Morgan fingerprint density at radius 1 is 1.22 bits per heavy atom. The summed E-state index contributed by atoms with van der Waals surface area (Å²) in [5, 5.41) is 3.36. The number of likely N-dealkylation sites (tertiary alicyclic amines) is 1. The van der Waals surface area contributed by atoms with Gasteiger partial charge in [-0.05, 0) is 39.9 Å². The molecule has 0 aromatic heterocycles. The fourth-order valence-electron chi connectivity index (χ4n) is 2.33. The Morgan fingerprint density at radius 3 is 2.39 bits per heavy atom. The van der Waals surface area contributed by atoms with E-state index in [1.165, 1.54) is 31.6 Å². The molecule has 2 heterocycles. The van der Waals surface area contributed by atoms with Gasteiger partial charge in [0.25, 0.3) is 0 Å². The van der Waals surface area contributed by atoms with Gasteiger partial charge in [0.05, 0.1) is 12.6 Å². The Kier molecular flexibility index (Phi) is 6.19. The summed E-state index contributed by atoms with van der Waals surface area (Å²) in [6, 6.07) is 0.512. The van der Waals surface area contributed by atoms with Crippen LogP contribution in [0.3, 0.4) is 0 Å². The van der Waals surface area contributed by atoms with Gasteiger partial charge in [-0.2, -0.15) is 0 Å². The van der Waals surface area contributed by atoms with Crippen LogP contribution in [0.5, 0.6) is 0 Å². The molecule has 2 aliphatic heterocycles. The predicted molar refractivity (Wildman–Crippen MR) is 78.8 cm³/mol. The molecule has 0 spiro atoms. The summed E-state index contributed by atoms with van der Waals surface area (Å²) in [5.41, 5.74) is 1.18. The van der Waals surface area contributed by atoms with Crippen LogP contribution in [0.25, 0.3) is 0 Å². The van der Waals surface area contributed by atoms with E-state index in [-0.39, 0.29) is 0 Å². The standard InChI is InChI=1S/C12H22N4.C2H6/c1-10-8-16(3)9-12(13-10)14-11-4-6-15(2)7-5-11;1-2/h8,11H,4-7,9H2,1-3H3,(H,13,14);1-2H3. The summed E-state index contributed by atoms with van der Waals surface area (Å²) in [6.45, 7) is 9.34. The van der Waals surface area contributed by atoms with Gasteiger partial charge in [0.15, 0.2) is 0 Å². The highest BCUT2D eigenvalue weighted by Gasteiger charge is 2.17. The summed E-state index contributed by atoms with van der Waals surface area (Å²) < 4.78 is 0. The van der Waals surface area contributed by atoms with Crippen molar-refractivity contribution in [2.75, 3.05) is 33.7 Å². The van der Waals surface area contributed by atoms with Crippen molar-refractivity contribution in [1.82, 2.24) is 15.1 Å². The first-order chi connectivity index (χ1) is 8.63. The Morgan fingerprint density at radius 2 is 1.83 bits per heavy atom. The predicted octanol–water partition coefficient (Wildman–Crippen LogP) is 1.90. The van der Waals surface area contributed by atoms with Crippen LogP contribution in [-0.4, -0.2) is 55.4 Å². The Hall–Kier alpha value is -1.03. The first kappa shape index (κ1) is 15.0. The number of amidine groups is 1. The maximum atomic E-state index is 4.83. The molecule has 0 aromatic carbocycles. The zero-order chi connectivity index (χ0) is 13.5. The van der Waals surface area contributed by atoms with Gasteiger partial charge in [0.1, 0.15) is 5.84 Å². The van der Waals surface area contributed by atoms with E-state index < -0.39 is 0 Å². The van der Waals surface area contributed by atoms with E-state index in [0.717, 1.165) is 12.4 Å². The lowest BCUT2D eigenvalue weighted by atomic mass is 10.1. The molecule has 4 nitrogen and oxygen atoms in total. The lowest BCUT2D eigenvalue weighted by Crippen LogP contribution is -2.40. The number of nitrogens with zero attached hydrogens (tertiary/aromatic N) is 3. The van der Waals surface area contributed by atoms with Crippen molar-refractivity contribution in [3.8, 4) is 0 Å². The zero-order valence-corrected chi connectivity index (χ0v) is 12.5. The van der Waals surface area contributed by atoms with Crippen LogP contribution in [0.15, 0.2) is 16.9 Å². The lowest BCUT2D eigenvalue weighted by Gasteiger charge is -2.29. The molecule has 1 saturated heterocycles. The van der Waals surface area contributed by atoms with Gasteiger partial charge in [-0.25, -0.2) is 0 Å². The molecule has 0 atom stereocenters. The van der Waals surface area contributed by atoms with Gasteiger partial charge < -0.3 is 15.1 Å². The van der Waals surface area contributed by atoms with E-state index in [1.54, 1.807) is 0 Å². The zero-order valence-electron chi connectivity index (χ0n) is 12.5. The van der Waals surface area contributed by atoms with Gasteiger partial charge in [0.2, 0.25) is 0 Å². The molecule has 104 valence electrons. The molecule has 0 aliphatic carbocycles.